The third kappa shape index (κ3) is 2.02. The molecular formula is C15H24O2. The first kappa shape index (κ1) is 12.7. The number of esters is 1. The Labute approximate surface area is 104 Å². The molecule has 0 heterocycles. The molecule has 96 valence electrons. The average molecular weight is 236 g/mol. The van der Waals surface area contributed by atoms with Crippen molar-refractivity contribution in [2.24, 2.45) is 23.2 Å². The minimum Gasteiger partial charge on any atom is -0.461 e. The molecule has 0 N–H and O–H groups in total. The number of allylic oxidation sites excluding steroid dienone is 1. The van der Waals surface area contributed by atoms with Gasteiger partial charge in [0.15, 0.2) is 0 Å². The summed E-state index contributed by atoms with van der Waals surface area (Å²) in [5.74, 6) is 1.32. The molecule has 2 heteroatoms. The van der Waals surface area contributed by atoms with Gasteiger partial charge in [-0.2, -0.15) is 0 Å². The second-order valence-corrected chi connectivity index (χ2v) is 6.64. The van der Waals surface area contributed by atoms with E-state index in [1.54, 1.807) is 0 Å². The summed E-state index contributed by atoms with van der Waals surface area (Å²) in [5, 5.41) is 0. The first-order valence-corrected chi connectivity index (χ1v) is 6.70. The van der Waals surface area contributed by atoms with Crippen LogP contribution in [0.25, 0.3) is 0 Å². The van der Waals surface area contributed by atoms with E-state index in [2.05, 4.69) is 40.7 Å². The summed E-state index contributed by atoms with van der Waals surface area (Å²) in [4.78, 5) is 11.8. The van der Waals surface area contributed by atoms with Gasteiger partial charge < -0.3 is 4.74 Å². The zero-order valence-corrected chi connectivity index (χ0v) is 11.6. The van der Waals surface area contributed by atoms with Crippen LogP contribution in [0, 0.1) is 23.2 Å². The van der Waals surface area contributed by atoms with Crippen molar-refractivity contribution in [3.05, 3.63) is 11.6 Å². The number of carbonyl (C=O) groups is 1. The molecule has 0 aliphatic heterocycles. The lowest BCUT2D eigenvalue weighted by Crippen LogP contribution is -2.61. The highest BCUT2D eigenvalue weighted by molar-refractivity contribution is 5.70. The third-order valence-electron chi connectivity index (χ3n) is 4.51. The fourth-order valence-electron chi connectivity index (χ4n) is 3.60. The molecule has 0 saturated heterocycles. The molecule has 2 bridgehead atoms. The van der Waals surface area contributed by atoms with E-state index in [0.29, 0.717) is 29.6 Å². The van der Waals surface area contributed by atoms with Crippen molar-refractivity contribution in [1.82, 2.24) is 0 Å². The van der Waals surface area contributed by atoms with Crippen molar-refractivity contribution in [3.63, 3.8) is 0 Å². The van der Waals surface area contributed by atoms with Crippen molar-refractivity contribution >= 4 is 5.97 Å². The third-order valence-corrected chi connectivity index (χ3v) is 4.51. The number of fused-ring (bicyclic) bond motifs is 1. The predicted octanol–water partition coefficient (Wildman–Crippen LogP) is 3.57. The lowest BCUT2D eigenvalue weighted by molar-refractivity contribution is -0.192. The first-order valence-electron chi connectivity index (χ1n) is 6.70. The van der Waals surface area contributed by atoms with Crippen LogP contribution in [0.2, 0.25) is 0 Å². The zero-order chi connectivity index (χ0) is 12.8. The number of carbonyl (C=O) groups excluding carboxylic acids is 1. The quantitative estimate of drug-likeness (QED) is 0.553. The molecule has 1 saturated carbocycles. The summed E-state index contributed by atoms with van der Waals surface area (Å²) in [6.07, 6.45) is 4.06. The van der Waals surface area contributed by atoms with E-state index in [4.69, 9.17) is 4.74 Å². The van der Waals surface area contributed by atoms with E-state index in [-0.39, 0.29) is 12.1 Å². The van der Waals surface area contributed by atoms with Crippen molar-refractivity contribution in [3.8, 4) is 0 Å². The van der Waals surface area contributed by atoms with E-state index in [9.17, 15) is 4.79 Å². The van der Waals surface area contributed by atoms with Gasteiger partial charge in [-0.25, -0.2) is 0 Å². The van der Waals surface area contributed by atoms with Gasteiger partial charge in [0.25, 0.3) is 0 Å². The SMILES string of the molecule is CC1=CCC2C(OC(=O)CC(C)C)C1C2(C)C. The normalized spacial score (nSPS) is 34.0. The minimum atomic E-state index is -0.0230. The second kappa shape index (κ2) is 4.15. The van der Waals surface area contributed by atoms with Crippen LogP contribution in [-0.4, -0.2) is 12.1 Å². The molecule has 2 nitrogen and oxygen atoms in total. The van der Waals surface area contributed by atoms with E-state index < -0.39 is 0 Å². The van der Waals surface area contributed by atoms with Crippen molar-refractivity contribution in [2.75, 3.05) is 0 Å². The summed E-state index contributed by atoms with van der Waals surface area (Å²) < 4.78 is 5.69. The molecule has 3 aliphatic rings. The van der Waals surface area contributed by atoms with Gasteiger partial charge in [-0.1, -0.05) is 39.3 Å². The molecule has 1 fully saturated rings. The van der Waals surface area contributed by atoms with Gasteiger partial charge in [0, 0.05) is 18.3 Å². The zero-order valence-electron chi connectivity index (χ0n) is 11.6. The van der Waals surface area contributed by atoms with Crippen LogP contribution in [0.4, 0.5) is 0 Å². The molecule has 0 radical (unpaired) electrons. The highest BCUT2D eigenvalue weighted by Crippen LogP contribution is 2.60. The highest BCUT2D eigenvalue weighted by Gasteiger charge is 2.60. The highest BCUT2D eigenvalue weighted by atomic mass is 16.5. The molecule has 0 aromatic heterocycles. The van der Waals surface area contributed by atoms with E-state index >= 15 is 0 Å². The van der Waals surface area contributed by atoms with Gasteiger partial charge in [0.2, 0.25) is 0 Å². The summed E-state index contributed by atoms with van der Waals surface area (Å²) >= 11 is 0. The molecule has 3 rings (SSSR count). The Hall–Kier alpha value is -0.790. The number of hydrogen-bond donors (Lipinski definition) is 0. The molecule has 0 aromatic rings. The minimum absolute atomic E-state index is 0.0230. The van der Waals surface area contributed by atoms with Crippen LogP contribution in [0.1, 0.15) is 47.5 Å². The Balaban J connectivity index is 2.02. The van der Waals surface area contributed by atoms with Crippen LogP contribution in [0.3, 0.4) is 0 Å². The van der Waals surface area contributed by atoms with E-state index in [1.165, 1.54) is 5.57 Å². The molecule has 0 aromatic carbocycles. The molecule has 3 atom stereocenters. The maximum Gasteiger partial charge on any atom is 0.306 e. The second-order valence-electron chi connectivity index (χ2n) is 6.64. The van der Waals surface area contributed by atoms with Gasteiger partial charge in [0.1, 0.15) is 6.10 Å². The van der Waals surface area contributed by atoms with Gasteiger partial charge in [-0.05, 0) is 24.7 Å². The summed E-state index contributed by atoms with van der Waals surface area (Å²) in [7, 11) is 0. The summed E-state index contributed by atoms with van der Waals surface area (Å²) in [6.45, 7) is 10.9. The first-order chi connectivity index (χ1) is 7.84. The predicted molar refractivity (Wildman–Crippen MR) is 68.5 cm³/mol. The molecule has 0 amide bonds. The van der Waals surface area contributed by atoms with Gasteiger partial charge in [0.05, 0.1) is 0 Å². The summed E-state index contributed by atoms with van der Waals surface area (Å²) in [5.41, 5.74) is 1.71. The Morgan fingerprint density at radius 1 is 1.53 bits per heavy atom. The van der Waals surface area contributed by atoms with Crippen molar-refractivity contribution in [1.29, 1.82) is 0 Å². The molecule has 3 aliphatic carbocycles. The van der Waals surface area contributed by atoms with Crippen LogP contribution >= 0.6 is 0 Å². The van der Waals surface area contributed by atoms with E-state index in [1.807, 2.05) is 0 Å². The van der Waals surface area contributed by atoms with Crippen molar-refractivity contribution in [2.45, 2.75) is 53.6 Å². The fraction of sp³-hybridized carbons (Fsp3) is 0.800. The lowest BCUT2D eigenvalue weighted by atomic mass is 9.47. The largest absolute Gasteiger partial charge is 0.461 e. The number of rotatable bonds is 3. The Kier molecular flexibility index (Phi) is 3.09. The van der Waals surface area contributed by atoms with Gasteiger partial charge >= 0.3 is 5.97 Å². The van der Waals surface area contributed by atoms with Crippen LogP contribution in [-0.2, 0) is 9.53 Å². The Morgan fingerprint density at radius 3 is 2.65 bits per heavy atom. The monoisotopic (exact) mass is 236 g/mol. The van der Waals surface area contributed by atoms with Crippen LogP contribution in [0.5, 0.6) is 0 Å². The van der Waals surface area contributed by atoms with Gasteiger partial charge in [-0.15, -0.1) is 0 Å². The van der Waals surface area contributed by atoms with Crippen LogP contribution < -0.4 is 0 Å². The maximum atomic E-state index is 11.8. The number of hydrogen-bond acceptors (Lipinski definition) is 2. The summed E-state index contributed by atoms with van der Waals surface area (Å²) in [6, 6.07) is 0. The molecule has 0 spiro atoms. The average Bonchev–Trinajstić information content (AvgIpc) is 2.14. The number of ether oxygens (including phenoxy) is 1. The fourth-order valence-corrected chi connectivity index (χ4v) is 3.60. The van der Waals surface area contributed by atoms with E-state index in [0.717, 1.165) is 6.42 Å². The maximum absolute atomic E-state index is 11.8. The Bertz CT molecular complexity index is 352. The topological polar surface area (TPSA) is 26.3 Å². The van der Waals surface area contributed by atoms with Crippen molar-refractivity contribution < 1.29 is 9.53 Å². The molecule has 3 unspecified atom stereocenters. The standard InChI is InChI=1S/C15H24O2/c1-9(2)8-12(16)17-14-11-7-6-10(3)13(14)15(11,4)5/h6,9,11,13-14H,7-8H2,1-5H3. The molecular weight excluding hydrogens is 212 g/mol. The Morgan fingerprint density at radius 2 is 2.18 bits per heavy atom. The molecule has 17 heavy (non-hydrogen) atoms. The lowest BCUT2D eigenvalue weighted by Gasteiger charge is -2.60. The van der Waals surface area contributed by atoms with Gasteiger partial charge in [-0.3, -0.25) is 4.79 Å². The smallest absolute Gasteiger partial charge is 0.306 e. The van der Waals surface area contributed by atoms with Crippen LogP contribution in [0.15, 0.2) is 11.6 Å².